The third-order valence-corrected chi connectivity index (χ3v) is 5.11. The Morgan fingerprint density at radius 2 is 2.00 bits per heavy atom. The van der Waals surface area contributed by atoms with E-state index in [-0.39, 0.29) is 35.5 Å². The molecule has 1 aliphatic heterocycles. The summed E-state index contributed by atoms with van der Waals surface area (Å²) < 4.78 is 28.3. The first-order valence-electron chi connectivity index (χ1n) is 9.63. The number of hydrogen-bond donors (Lipinski definition) is 2. The standard InChI is InChI=1S/C22H20F2N4O3/c1-12(11-25)7-8-26-22(31)20(29)18-13(2)19(28-9-3-4-17(18)28)21(30)27-14-5-6-15(23)16(24)10-14/h5-6,10H,1,3-4,7-9H2,2H3,(H,26,31)(H,27,30). The van der Waals surface area contributed by atoms with Gasteiger partial charge in [0, 0.05) is 36.1 Å². The molecule has 7 nitrogen and oxygen atoms in total. The fraction of sp³-hybridized carbons (Fsp3) is 0.273. The molecule has 1 aromatic carbocycles. The van der Waals surface area contributed by atoms with Gasteiger partial charge in [-0.1, -0.05) is 6.58 Å². The summed E-state index contributed by atoms with van der Waals surface area (Å²) in [7, 11) is 0. The van der Waals surface area contributed by atoms with Crippen molar-refractivity contribution in [2.75, 3.05) is 11.9 Å². The van der Waals surface area contributed by atoms with E-state index in [1.54, 1.807) is 11.5 Å². The summed E-state index contributed by atoms with van der Waals surface area (Å²) in [5.41, 5.74) is 1.66. The van der Waals surface area contributed by atoms with Crippen LogP contribution in [0.4, 0.5) is 14.5 Å². The van der Waals surface area contributed by atoms with Gasteiger partial charge < -0.3 is 15.2 Å². The molecule has 0 fully saturated rings. The number of ketones is 1. The number of fused-ring (bicyclic) bond motifs is 1. The normalized spacial score (nSPS) is 12.1. The van der Waals surface area contributed by atoms with E-state index in [2.05, 4.69) is 17.2 Å². The maximum atomic E-state index is 13.5. The van der Waals surface area contributed by atoms with Gasteiger partial charge in [-0.25, -0.2) is 8.78 Å². The van der Waals surface area contributed by atoms with E-state index < -0.39 is 29.2 Å². The van der Waals surface area contributed by atoms with Crippen LogP contribution in [0.5, 0.6) is 0 Å². The minimum atomic E-state index is -1.10. The van der Waals surface area contributed by atoms with Crippen LogP contribution < -0.4 is 10.6 Å². The molecular formula is C22H20F2N4O3. The molecule has 3 rings (SSSR count). The van der Waals surface area contributed by atoms with Gasteiger partial charge in [0.05, 0.1) is 11.6 Å². The van der Waals surface area contributed by atoms with Gasteiger partial charge in [0.25, 0.3) is 17.6 Å². The van der Waals surface area contributed by atoms with Crippen molar-refractivity contribution in [1.29, 1.82) is 5.26 Å². The van der Waals surface area contributed by atoms with Crippen molar-refractivity contribution in [3.8, 4) is 6.07 Å². The molecule has 0 aliphatic carbocycles. The molecule has 0 radical (unpaired) electrons. The Bertz CT molecular complexity index is 1140. The van der Waals surface area contributed by atoms with Crippen molar-refractivity contribution >= 4 is 23.3 Å². The summed E-state index contributed by atoms with van der Waals surface area (Å²) in [6.45, 7) is 5.67. The summed E-state index contributed by atoms with van der Waals surface area (Å²) in [4.78, 5) is 38.0. The topological polar surface area (TPSA) is 104 Å². The zero-order valence-corrected chi connectivity index (χ0v) is 16.8. The molecule has 0 saturated heterocycles. The lowest BCUT2D eigenvalue weighted by atomic mass is 10.0. The van der Waals surface area contributed by atoms with Gasteiger partial charge >= 0.3 is 0 Å². The Labute approximate surface area is 177 Å². The van der Waals surface area contributed by atoms with Crippen molar-refractivity contribution in [2.45, 2.75) is 32.7 Å². The lowest BCUT2D eigenvalue weighted by Crippen LogP contribution is -2.32. The Morgan fingerprint density at radius 1 is 1.26 bits per heavy atom. The van der Waals surface area contributed by atoms with Gasteiger partial charge in [0.2, 0.25) is 0 Å². The van der Waals surface area contributed by atoms with Gasteiger partial charge in [-0.05, 0) is 43.9 Å². The van der Waals surface area contributed by atoms with Crippen LogP contribution in [0.2, 0.25) is 0 Å². The first-order chi connectivity index (χ1) is 14.7. The molecule has 1 aromatic heterocycles. The minimum Gasteiger partial charge on any atom is -0.349 e. The van der Waals surface area contributed by atoms with Crippen LogP contribution in [0, 0.1) is 29.9 Å². The molecular weight excluding hydrogens is 406 g/mol. The van der Waals surface area contributed by atoms with Crippen molar-refractivity contribution in [3.05, 3.63) is 64.5 Å². The minimum absolute atomic E-state index is 0.0696. The quantitative estimate of drug-likeness (QED) is 0.403. The third kappa shape index (κ3) is 4.38. The number of Topliss-reactive ketones (excluding diaryl/α,β-unsaturated/α-hetero) is 1. The van der Waals surface area contributed by atoms with Crippen LogP contribution in [-0.2, 0) is 17.8 Å². The van der Waals surface area contributed by atoms with Crippen molar-refractivity contribution in [3.63, 3.8) is 0 Å². The molecule has 31 heavy (non-hydrogen) atoms. The Kier molecular flexibility index (Phi) is 6.30. The summed E-state index contributed by atoms with van der Waals surface area (Å²) in [6, 6.07) is 4.86. The van der Waals surface area contributed by atoms with E-state index >= 15 is 0 Å². The van der Waals surface area contributed by atoms with Gasteiger partial charge in [0.1, 0.15) is 5.69 Å². The molecule has 0 bridgehead atoms. The van der Waals surface area contributed by atoms with E-state index in [1.807, 2.05) is 6.07 Å². The second-order valence-corrected chi connectivity index (χ2v) is 7.18. The van der Waals surface area contributed by atoms with Crippen molar-refractivity contribution < 1.29 is 23.2 Å². The summed E-state index contributed by atoms with van der Waals surface area (Å²) >= 11 is 0. The zero-order chi connectivity index (χ0) is 22.7. The molecule has 2 N–H and O–H groups in total. The lowest BCUT2D eigenvalue weighted by Gasteiger charge is -2.09. The Balaban J connectivity index is 1.85. The number of aromatic nitrogens is 1. The molecule has 0 atom stereocenters. The van der Waals surface area contributed by atoms with Crippen LogP contribution in [0.1, 0.15) is 44.9 Å². The fourth-order valence-electron chi connectivity index (χ4n) is 3.65. The number of nitrogens with zero attached hydrogens (tertiary/aromatic N) is 2. The highest BCUT2D eigenvalue weighted by atomic mass is 19.2. The van der Waals surface area contributed by atoms with Gasteiger partial charge in [-0.2, -0.15) is 5.26 Å². The number of rotatable bonds is 7. The van der Waals surface area contributed by atoms with Crippen LogP contribution in [0.3, 0.4) is 0 Å². The second-order valence-electron chi connectivity index (χ2n) is 7.18. The number of hydrogen-bond acceptors (Lipinski definition) is 4. The second kappa shape index (κ2) is 8.92. The van der Waals surface area contributed by atoms with E-state index in [1.165, 1.54) is 6.07 Å². The van der Waals surface area contributed by atoms with Crippen molar-refractivity contribution in [1.82, 2.24) is 9.88 Å². The van der Waals surface area contributed by atoms with Gasteiger partial charge in [-0.15, -0.1) is 0 Å². The molecule has 9 heteroatoms. The molecule has 0 spiro atoms. The summed E-state index contributed by atoms with van der Waals surface area (Å²) in [6.07, 6.45) is 1.45. The Morgan fingerprint density at radius 3 is 2.68 bits per heavy atom. The third-order valence-electron chi connectivity index (χ3n) is 5.11. The predicted octanol–water partition coefficient (Wildman–Crippen LogP) is 3.04. The lowest BCUT2D eigenvalue weighted by molar-refractivity contribution is -0.116. The molecule has 2 aromatic rings. The summed E-state index contributed by atoms with van der Waals surface area (Å²) in [5.74, 6) is -4.31. The number of anilines is 1. The summed E-state index contributed by atoms with van der Waals surface area (Å²) in [5, 5.41) is 13.7. The predicted molar refractivity (Wildman–Crippen MR) is 109 cm³/mol. The molecule has 1 aliphatic rings. The molecule has 2 amide bonds. The monoisotopic (exact) mass is 426 g/mol. The number of amides is 2. The number of nitriles is 1. The average Bonchev–Trinajstić information content (AvgIpc) is 3.29. The zero-order valence-electron chi connectivity index (χ0n) is 16.8. The smallest absolute Gasteiger partial charge is 0.292 e. The van der Waals surface area contributed by atoms with Gasteiger partial charge in [0.15, 0.2) is 11.6 Å². The maximum Gasteiger partial charge on any atom is 0.292 e. The Hall–Kier alpha value is -3.80. The average molecular weight is 426 g/mol. The largest absolute Gasteiger partial charge is 0.349 e. The number of benzene rings is 1. The molecule has 160 valence electrons. The van der Waals surface area contributed by atoms with E-state index in [9.17, 15) is 23.2 Å². The first-order valence-corrected chi connectivity index (χ1v) is 9.63. The number of nitrogens with one attached hydrogen (secondary N) is 2. The highest BCUT2D eigenvalue weighted by molar-refractivity contribution is 6.43. The van der Waals surface area contributed by atoms with Crippen LogP contribution in [-0.4, -0.2) is 28.7 Å². The van der Waals surface area contributed by atoms with E-state index in [0.29, 0.717) is 30.6 Å². The SMILES string of the molecule is C=C(C#N)CCNC(=O)C(=O)c1c(C)c(C(=O)Nc2ccc(F)c(F)c2)n2c1CCC2. The number of carbonyl (C=O) groups excluding carboxylic acids is 3. The van der Waals surface area contributed by atoms with Crippen LogP contribution in [0.15, 0.2) is 30.4 Å². The maximum absolute atomic E-state index is 13.5. The van der Waals surface area contributed by atoms with Crippen molar-refractivity contribution in [2.24, 2.45) is 0 Å². The first kappa shape index (κ1) is 21.9. The van der Waals surface area contributed by atoms with E-state index in [4.69, 9.17) is 5.26 Å². The fourth-order valence-corrected chi connectivity index (χ4v) is 3.65. The highest BCUT2D eigenvalue weighted by Gasteiger charge is 2.33. The van der Waals surface area contributed by atoms with Gasteiger partial charge in [-0.3, -0.25) is 14.4 Å². The van der Waals surface area contributed by atoms with Crippen LogP contribution >= 0.6 is 0 Å². The highest BCUT2D eigenvalue weighted by Crippen LogP contribution is 2.30. The van der Waals surface area contributed by atoms with E-state index in [0.717, 1.165) is 12.1 Å². The molecule has 2 heterocycles. The molecule has 0 saturated carbocycles. The number of halogens is 2. The van der Waals surface area contributed by atoms with Crippen LogP contribution in [0.25, 0.3) is 0 Å². The number of carbonyl (C=O) groups is 3. The molecule has 0 unspecified atom stereocenters.